The van der Waals surface area contributed by atoms with Crippen molar-refractivity contribution >= 4 is 23.5 Å². The minimum Gasteiger partial charge on any atom is -0.337 e. The van der Waals surface area contributed by atoms with Crippen LogP contribution < -0.4 is 10.6 Å². The average Bonchev–Trinajstić information content (AvgIpc) is 2.53. The van der Waals surface area contributed by atoms with Gasteiger partial charge in [0.1, 0.15) is 0 Å². The average molecular weight is 326 g/mol. The Morgan fingerprint density at radius 3 is 2.45 bits per heavy atom. The highest BCUT2D eigenvalue weighted by Crippen LogP contribution is 2.19. The predicted octanol–water partition coefficient (Wildman–Crippen LogP) is 4.02. The Kier molecular flexibility index (Phi) is 5.71. The van der Waals surface area contributed by atoms with Crippen molar-refractivity contribution in [3.05, 3.63) is 59.9 Å². The number of hydrogen-bond acceptors (Lipinski definition) is 2. The SMILES string of the molecule is O=C(NCCSc1ccccc1)Nc1ccc(F)c(F)c1F. The van der Waals surface area contributed by atoms with Crippen LogP contribution in [0.5, 0.6) is 0 Å². The molecule has 0 unspecified atom stereocenters. The fourth-order valence-electron chi connectivity index (χ4n) is 1.64. The molecule has 0 atom stereocenters. The second kappa shape index (κ2) is 7.74. The van der Waals surface area contributed by atoms with E-state index in [1.165, 1.54) is 0 Å². The molecule has 0 saturated carbocycles. The van der Waals surface area contributed by atoms with E-state index in [0.29, 0.717) is 12.3 Å². The van der Waals surface area contributed by atoms with Gasteiger partial charge in [0.25, 0.3) is 0 Å². The molecule has 0 saturated heterocycles. The molecule has 2 amide bonds. The van der Waals surface area contributed by atoms with E-state index in [1.54, 1.807) is 11.8 Å². The van der Waals surface area contributed by atoms with Gasteiger partial charge >= 0.3 is 6.03 Å². The summed E-state index contributed by atoms with van der Waals surface area (Å²) in [7, 11) is 0. The highest BCUT2D eigenvalue weighted by molar-refractivity contribution is 7.99. The number of benzene rings is 2. The Labute approximate surface area is 129 Å². The van der Waals surface area contributed by atoms with E-state index in [1.807, 2.05) is 30.3 Å². The van der Waals surface area contributed by atoms with Crippen LogP contribution in [0.4, 0.5) is 23.7 Å². The maximum absolute atomic E-state index is 13.4. The smallest absolute Gasteiger partial charge is 0.319 e. The van der Waals surface area contributed by atoms with Gasteiger partial charge in [0.05, 0.1) is 5.69 Å². The maximum atomic E-state index is 13.4. The second-order valence-electron chi connectivity index (χ2n) is 4.27. The van der Waals surface area contributed by atoms with Gasteiger partial charge in [-0.25, -0.2) is 18.0 Å². The van der Waals surface area contributed by atoms with Gasteiger partial charge in [-0.3, -0.25) is 0 Å². The minimum absolute atomic E-state index is 0.344. The van der Waals surface area contributed by atoms with E-state index < -0.39 is 29.2 Å². The van der Waals surface area contributed by atoms with E-state index in [4.69, 9.17) is 0 Å². The molecule has 0 fully saturated rings. The molecular weight excluding hydrogens is 313 g/mol. The lowest BCUT2D eigenvalue weighted by molar-refractivity contribution is 0.252. The molecule has 7 heteroatoms. The molecule has 0 radical (unpaired) electrons. The van der Waals surface area contributed by atoms with Gasteiger partial charge in [-0.2, -0.15) is 0 Å². The lowest BCUT2D eigenvalue weighted by Gasteiger charge is -2.09. The number of carbonyl (C=O) groups excluding carboxylic acids is 1. The first kappa shape index (κ1) is 16.2. The molecule has 0 aromatic heterocycles. The van der Waals surface area contributed by atoms with Gasteiger partial charge in [0.15, 0.2) is 17.5 Å². The van der Waals surface area contributed by atoms with Crippen LogP contribution in [0.2, 0.25) is 0 Å². The zero-order valence-electron chi connectivity index (χ0n) is 11.4. The molecule has 0 aliphatic carbocycles. The quantitative estimate of drug-likeness (QED) is 0.495. The molecule has 2 N–H and O–H groups in total. The van der Waals surface area contributed by atoms with Crippen LogP contribution in [0, 0.1) is 17.5 Å². The maximum Gasteiger partial charge on any atom is 0.319 e. The molecule has 2 aromatic rings. The van der Waals surface area contributed by atoms with E-state index in [0.717, 1.165) is 17.0 Å². The molecule has 2 aromatic carbocycles. The van der Waals surface area contributed by atoms with Crippen molar-refractivity contribution in [2.24, 2.45) is 0 Å². The molecule has 3 nitrogen and oxygen atoms in total. The van der Waals surface area contributed by atoms with Crippen molar-refractivity contribution < 1.29 is 18.0 Å². The molecule has 116 valence electrons. The minimum atomic E-state index is -1.61. The highest BCUT2D eigenvalue weighted by Gasteiger charge is 2.14. The summed E-state index contributed by atoms with van der Waals surface area (Å²) < 4.78 is 39.1. The Morgan fingerprint density at radius 1 is 1.00 bits per heavy atom. The standard InChI is InChI=1S/C15H13F3N2OS/c16-11-6-7-12(14(18)13(11)17)20-15(21)19-8-9-22-10-4-2-1-3-5-10/h1-7H,8-9H2,(H2,19,20,21). The largest absolute Gasteiger partial charge is 0.337 e. The van der Waals surface area contributed by atoms with E-state index >= 15 is 0 Å². The van der Waals surface area contributed by atoms with Gasteiger partial charge in [-0.15, -0.1) is 11.8 Å². The number of hydrogen-bond donors (Lipinski definition) is 2. The van der Waals surface area contributed by atoms with Crippen molar-refractivity contribution in [1.29, 1.82) is 0 Å². The van der Waals surface area contributed by atoms with Crippen LogP contribution in [-0.2, 0) is 0 Å². The van der Waals surface area contributed by atoms with Crippen molar-refractivity contribution in [1.82, 2.24) is 5.32 Å². The van der Waals surface area contributed by atoms with Crippen LogP contribution in [0.15, 0.2) is 47.4 Å². The summed E-state index contributed by atoms with van der Waals surface area (Å²) in [6.45, 7) is 0.344. The van der Waals surface area contributed by atoms with Crippen LogP contribution in [0.25, 0.3) is 0 Å². The first-order valence-electron chi connectivity index (χ1n) is 6.44. The van der Waals surface area contributed by atoms with Gasteiger partial charge in [0.2, 0.25) is 0 Å². The van der Waals surface area contributed by atoms with Crippen molar-refractivity contribution in [2.45, 2.75) is 4.90 Å². The summed E-state index contributed by atoms with van der Waals surface area (Å²) in [6, 6.07) is 10.7. The number of anilines is 1. The van der Waals surface area contributed by atoms with Gasteiger partial charge in [-0.1, -0.05) is 18.2 Å². The molecule has 0 aliphatic heterocycles. The van der Waals surface area contributed by atoms with Crippen molar-refractivity contribution in [3.63, 3.8) is 0 Å². The summed E-state index contributed by atoms with van der Waals surface area (Å²) >= 11 is 1.55. The predicted molar refractivity (Wildman–Crippen MR) is 80.5 cm³/mol. The lowest BCUT2D eigenvalue weighted by atomic mass is 10.3. The van der Waals surface area contributed by atoms with Gasteiger partial charge < -0.3 is 10.6 Å². The number of amides is 2. The Morgan fingerprint density at radius 2 is 1.73 bits per heavy atom. The summed E-state index contributed by atoms with van der Waals surface area (Å²) in [6.07, 6.45) is 0. The zero-order chi connectivity index (χ0) is 15.9. The number of nitrogens with one attached hydrogen (secondary N) is 2. The number of carbonyl (C=O) groups is 1. The topological polar surface area (TPSA) is 41.1 Å². The first-order valence-corrected chi connectivity index (χ1v) is 7.42. The number of urea groups is 1. The zero-order valence-corrected chi connectivity index (χ0v) is 12.2. The van der Waals surface area contributed by atoms with E-state index in [9.17, 15) is 18.0 Å². The normalized spacial score (nSPS) is 10.3. The van der Waals surface area contributed by atoms with E-state index in [2.05, 4.69) is 10.6 Å². The molecule has 0 aliphatic rings. The molecule has 0 spiro atoms. The summed E-state index contributed by atoms with van der Waals surface area (Å²) in [5.74, 6) is -3.72. The molecule has 2 rings (SSSR count). The third kappa shape index (κ3) is 4.42. The van der Waals surface area contributed by atoms with Gasteiger partial charge in [-0.05, 0) is 24.3 Å². The second-order valence-corrected chi connectivity index (χ2v) is 5.43. The molecular formula is C15H13F3N2OS. The van der Waals surface area contributed by atoms with Crippen LogP contribution in [0.1, 0.15) is 0 Å². The van der Waals surface area contributed by atoms with Crippen LogP contribution >= 0.6 is 11.8 Å². The van der Waals surface area contributed by atoms with E-state index in [-0.39, 0.29) is 0 Å². The third-order valence-corrected chi connectivity index (χ3v) is 3.70. The third-order valence-electron chi connectivity index (χ3n) is 2.68. The van der Waals surface area contributed by atoms with Crippen LogP contribution in [0.3, 0.4) is 0 Å². The fraction of sp³-hybridized carbons (Fsp3) is 0.133. The summed E-state index contributed by atoms with van der Waals surface area (Å²) in [5.41, 5.74) is -0.410. The first-order chi connectivity index (χ1) is 10.6. The summed E-state index contributed by atoms with van der Waals surface area (Å²) in [5, 5.41) is 4.64. The van der Waals surface area contributed by atoms with Crippen LogP contribution in [-0.4, -0.2) is 18.3 Å². The monoisotopic (exact) mass is 326 g/mol. The highest BCUT2D eigenvalue weighted by atomic mass is 32.2. The Balaban J connectivity index is 1.78. The summed E-state index contributed by atoms with van der Waals surface area (Å²) in [4.78, 5) is 12.6. The Bertz CT molecular complexity index is 653. The van der Waals surface area contributed by atoms with Gasteiger partial charge in [0, 0.05) is 17.2 Å². The number of thioether (sulfide) groups is 1. The Hall–Kier alpha value is -2.15. The van der Waals surface area contributed by atoms with Crippen molar-refractivity contribution in [3.8, 4) is 0 Å². The van der Waals surface area contributed by atoms with Crippen molar-refractivity contribution in [2.75, 3.05) is 17.6 Å². The molecule has 22 heavy (non-hydrogen) atoms. The number of halogens is 3. The molecule has 0 bridgehead atoms. The fourth-order valence-corrected chi connectivity index (χ4v) is 2.43. The molecule has 0 heterocycles. The lowest BCUT2D eigenvalue weighted by Crippen LogP contribution is -2.31. The number of rotatable bonds is 5.